The molecule has 3 heterocycles. The van der Waals surface area contributed by atoms with Crippen LogP contribution in [0.15, 0.2) is 18.2 Å². The minimum Gasteiger partial charge on any atom is -0.322 e. The molecule has 2 saturated heterocycles. The van der Waals surface area contributed by atoms with Gasteiger partial charge in [-0.25, -0.2) is 0 Å². The number of hydrogen-bond acceptors (Lipinski definition) is 5. The first-order valence-electron chi connectivity index (χ1n) is 10.0. The van der Waals surface area contributed by atoms with E-state index >= 15 is 0 Å². The zero-order valence-corrected chi connectivity index (χ0v) is 16.5. The lowest BCUT2D eigenvalue weighted by Gasteiger charge is -2.36. The smallest absolute Gasteiger partial charge is 0.255 e. The van der Waals surface area contributed by atoms with Gasteiger partial charge < -0.3 is 15.5 Å². The molecule has 0 aromatic heterocycles. The molecule has 2 fully saturated rings. The van der Waals surface area contributed by atoms with Gasteiger partial charge in [-0.1, -0.05) is 26.0 Å². The average Bonchev–Trinajstić information content (AvgIpc) is 2.95. The first kappa shape index (κ1) is 19.1. The summed E-state index contributed by atoms with van der Waals surface area (Å²) in [6, 6.07) is 5.83. The van der Waals surface area contributed by atoms with E-state index < -0.39 is 6.04 Å². The maximum atomic E-state index is 12.9. The summed E-state index contributed by atoms with van der Waals surface area (Å²) in [5.74, 6) is -0.752. The Morgan fingerprint density at radius 2 is 2.07 bits per heavy atom. The Balaban J connectivity index is 1.41. The van der Waals surface area contributed by atoms with Crippen LogP contribution in [-0.4, -0.2) is 47.8 Å². The molecule has 2 unspecified atom stereocenters. The third-order valence-electron chi connectivity index (χ3n) is 5.98. The number of piperidine rings is 2. The van der Waals surface area contributed by atoms with Crippen molar-refractivity contribution in [2.75, 3.05) is 13.1 Å². The molecule has 7 nitrogen and oxygen atoms in total. The Morgan fingerprint density at radius 3 is 2.82 bits per heavy atom. The highest BCUT2D eigenvalue weighted by atomic mass is 16.2. The largest absolute Gasteiger partial charge is 0.322 e. The molecule has 4 rings (SSSR count). The minimum absolute atomic E-state index is 0.119. The van der Waals surface area contributed by atoms with Crippen LogP contribution in [0, 0.1) is 5.41 Å². The molecule has 0 radical (unpaired) electrons. The first-order valence-corrected chi connectivity index (χ1v) is 10.0. The summed E-state index contributed by atoms with van der Waals surface area (Å²) in [6.07, 6.45) is 1.79. The predicted octanol–water partition coefficient (Wildman–Crippen LogP) is 0.925. The van der Waals surface area contributed by atoms with Gasteiger partial charge in [0.15, 0.2) is 0 Å². The number of carbonyl (C=O) groups is 3. The Labute approximate surface area is 165 Å². The number of nitrogens with one attached hydrogen (secondary N) is 3. The fraction of sp³-hybridized carbons (Fsp3) is 0.571. The van der Waals surface area contributed by atoms with Gasteiger partial charge >= 0.3 is 0 Å². The van der Waals surface area contributed by atoms with Crippen molar-refractivity contribution in [2.45, 2.75) is 58.3 Å². The summed E-state index contributed by atoms with van der Waals surface area (Å²) in [7, 11) is 0. The van der Waals surface area contributed by atoms with E-state index in [-0.39, 0.29) is 29.6 Å². The van der Waals surface area contributed by atoms with Crippen LogP contribution in [0.2, 0.25) is 0 Å². The molecule has 3 N–H and O–H groups in total. The molecule has 3 aliphatic rings. The zero-order chi connectivity index (χ0) is 19.9. The van der Waals surface area contributed by atoms with Gasteiger partial charge in [0.05, 0.1) is 0 Å². The standard InChI is InChI=1S/C21H28N4O3/c1-21(2)8-15(10-22-12-21)23-9-13-3-4-14-11-25(20(28)16(14)7-13)17-5-6-18(26)24-19(17)27/h3-4,7,15,17,22-23H,5-6,8-12H2,1-2H3,(H,24,26,27). The third kappa shape index (κ3) is 3.82. The van der Waals surface area contributed by atoms with Crippen molar-refractivity contribution in [3.63, 3.8) is 0 Å². The zero-order valence-electron chi connectivity index (χ0n) is 16.5. The van der Waals surface area contributed by atoms with E-state index in [0.717, 1.165) is 30.6 Å². The normalized spacial score (nSPS) is 26.9. The Morgan fingerprint density at radius 1 is 1.25 bits per heavy atom. The van der Waals surface area contributed by atoms with E-state index in [1.54, 1.807) is 4.90 Å². The molecular weight excluding hydrogens is 356 g/mol. The van der Waals surface area contributed by atoms with E-state index in [9.17, 15) is 14.4 Å². The van der Waals surface area contributed by atoms with Crippen molar-refractivity contribution in [1.82, 2.24) is 20.9 Å². The Kier molecular flexibility index (Phi) is 4.97. The van der Waals surface area contributed by atoms with Crippen LogP contribution in [0.1, 0.15) is 54.6 Å². The lowest BCUT2D eigenvalue weighted by Crippen LogP contribution is -2.52. The highest BCUT2D eigenvalue weighted by molar-refractivity contribution is 6.05. The van der Waals surface area contributed by atoms with E-state index in [2.05, 4.69) is 35.9 Å². The second-order valence-electron chi connectivity index (χ2n) is 8.97. The molecule has 150 valence electrons. The van der Waals surface area contributed by atoms with Crippen LogP contribution in [0.5, 0.6) is 0 Å². The van der Waals surface area contributed by atoms with Crippen LogP contribution < -0.4 is 16.0 Å². The second kappa shape index (κ2) is 7.29. The molecule has 0 saturated carbocycles. The first-order chi connectivity index (χ1) is 13.3. The summed E-state index contributed by atoms with van der Waals surface area (Å²) in [4.78, 5) is 38.0. The molecule has 1 aromatic rings. The Bertz CT molecular complexity index is 820. The van der Waals surface area contributed by atoms with Gasteiger partial charge in [-0.3, -0.25) is 19.7 Å². The summed E-state index contributed by atoms with van der Waals surface area (Å²) in [5, 5.41) is 9.41. The van der Waals surface area contributed by atoms with Crippen molar-refractivity contribution in [2.24, 2.45) is 5.41 Å². The summed E-state index contributed by atoms with van der Waals surface area (Å²) >= 11 is 0. The van der Waals surface area contributed by atoms with Crippen molar-refractivity contribution >= 4 is 17.7 Å². The topological polar surface area (TPSA) is 90.5 Å². The van der Waals surface area contributed by atoms with Crippen LogP contribution in [0.25, 0.3) is 0 Å². The van der Waals surface area contributed by atoms with E-state index in [1.165, 1.54) is 0 Å². The molecule has 1 aromatic carbocycles. The molecule has 0 aliphatic carbocycles. The van der Waals surface area contributed by atoms with Crippen molar-refractivity contribution in [3.05, 3.63) is 34.9 Å². The van der Waals surface area contributed by atoms with Gasteiger partial charge in [-0.15, -0.1) is 0 Å². The average molecular weight is 384 g/mol. The van der Waals surface area contributed by atoms with Crippen LogP contribution >= 0.6 is 0 Å². The second-order valence-corrected chi connectivity index (χ2v) is 8.97. The monoisotopic (exact) mass is 384 g/mol. The number of amides is 3. The van der Waals surface area contributed by atoms with Crippen molar-refractivity contribution in [1.29, 1.82) is 0 Å². The maximum Gasteiger partial charge on any atom is 0.255 e. The van der Waals surface area contributed by atoms with Gasteiger partial charge in [0.25, 0.3) is 5.91 Å². The van der Waals surface area contributed by atoms with Crippen LogP contribution in [-0.2, 0) is 22.7 Å². The molecule has 7 heteroatoms. The fourth-order valence-corrected chi connectivity index (χ4v) is 4.51. The number of hydrogen-bond donors (Lipinski definition) is 3. The molecule has 0 spiro atoms. The molecule has 3 aliphatic heterocycles. The highest BCUT2D eigenvalue weighted by Gasteiger charge is 2.39. The Hall–Kier alpha value is -2.25. The van der Waals surface area contributed by atoms with Crippen LogP contribution in [0.3, 0.4) is 0 Å². The van der Waals surface area contributed by atoms with Gasteiger partial charge in [0.1, 0.15) is 6.04 Å². The SMILES string of the molecule is CC1(C)CNCC(NCc2ccc3c(c2)C(=O)N(C2CCC(=O)NC2=O)C3)C1. The molecule has 0 bridgehead atoms. The van der Waals surface area contributed by atoms with Gasteiger partial charge in [-0.2, -0.15) is 0 Å². The lowest BCUT2D eigenvalue weighted by molar-refractivity contribution is -0.136. The summed E-state index contributed by atoms with van der Waals surface area (Å²) in [5.41, 5.74) is 2.97. The number of imide groups is 1. The van der Waals surface area contributed by atoms with Gasteiger partial charge in [0.2, 0.25) is 11.8 Å². The van der Waals surface area contributed by atoms with E-state index in [4.69, 9.17) is 0 Å². The third-order valence-corrected chi connectivity index (χ3v) is 5.98. The quantitative estimate of drug-likeness (QED) is 0.672. The maximum absolute atomic E-state index is 12.9. The van der Waals surface area contributed by atoms with Gasteiger partial charge in [-0.05, 0) is 35.4 Å². The van der Waals surface area contributed by atoms with E-state index in [0.29, 0.717) is 31.1 Å². The summed E-state index contributed by atoms with van der Waals surface area (Å²) in [6.45, 7) is 7.67. The highest BCUT2D eigenvalue weighted by Crippen LogP contribution is 2.28. The molecular formula is C21H28N4O3. The number of benzene rings is 1. The van der Waals surface area contributed by atoms with Crippen LogP contribution in [0.4, 0.5) is 0 Å². The van der Waals surface area contributed by atoms with E-state index in [1.807, 2.05) is 12.1 Å². The lowest BCUT2D eigenvalue weighted by atomic mass is 9.83. The fourth-order valence-electron chi connectivity index (χ4n) is 4.51. The molecule has 28 heavy (non-hydrogen) atoms. The number of rotatable bonds is 4. The number of carbonyl (C=O) groups excluding carboxylic acids is 3. The number of nitrogens with zero attached hydrogens (tertiary/aromatic N) is 1. The predicted molar refractivity (Wildman–Crippen MR) is 104 cm³/mol. The minimum atomic E-state index is -0.560. The number of fused-ring (bicyclic) bond motifs is 1. The molecule has 2 atom stereocenters. The van der Waals surface area contributed by atoms with Gasteiger partial charge in [0, 0.05) is 44.2 Å². The molecule has 3 amide bonds. The summed E-state index contributed by atoms with van der Waals surface area (Å²) < 4.78 is 0. The van der Waals surface area contributed by atoms with Crippen molar-refractivity contribution in [3.8, 4) is 0 Å². The van der Waals surface area contributed by atoms with Crippen molar-refractivity contribution < 1.29 is 14.4 Å².